The van der Waals surface area contributed by atoms with E-state index in [1.807, 2.05) is 42.5 Å². The molecule has 3 heteroatoms. The molecule has 0 saturated carbocycles. The van der Waals surface area contributed by atoms with E-state index in [1.165, 1.54) is 11.1 Å². The molecule has 0 heterocycles. The van der Waals surface area contributed by atoms with Gasteiger partial charge in [-0.2, -0.15) is 0 Å². The van der Waals surface area contributed by atoms with Gasteiger partial charge in [0.15, 0.2) is 0 Å². The Hall–Kier alpha value is -1.51. The first-order chi connectivity index (χ1) is 9.19. The molecule has 0 aromatic heterocycles. The molecular formula is C16H18ClNO. The van der Waals surface area contributed by atoms with Crippen LogP contribution < -0.4 is 10.1 Å². The van der Waals surface area contributed by atoms with E-state index >= 15 is 0 Å². The number of rotatable bonds is 5. The maximum Gasteiger partial charge on any atom is 0.119 e. The van der Waals surface area contributed by atoms with E-state index in [2.05, 4.69) is 18.3 Å². The second kappa shape index (κ2) is 6.60. The van der Waals surface area contributed by atoms with Crippen LogP contribution in [0.5, 0.6) is 5.75 Å². The van der Waals surface area contributed by atoms with Crippen LogP contribution in [0.1, 0.15) is 24.1 Å². The molecule has 2 aromatic carbocycles. The summed E-state index contributed by atoms with van der Waals surface area (Å²) in [4.78, 5) is 0. The predicted octanol–water partition coefficient (Wildman–Crippen LogP) is 4.20. The van der Waals surface area contributed by atoms with Crippen LogP contribution >= 0.6 is 11.6 Å². The van der Waals surface area contributed by atoms with Crippen LogP contribution in [0.3, 0.4) is 0 Å². The largest absolute Gasteiger partial charge is 0.497 e. The van der Waals surface area contributed by atoms with E-state index in [0.29, 0.717) is 0 Å². The Morgan fingerprint density at radius 2 is 1.89 bits per heavy atom. The van der Waals surface area contributed by atoms with Crippen molar-refractivity contribution in [3.05, 3.63) is 64.7 Å². The average molecular weight is 276 g/mol. The van der Waals surface area contributed by atoms with Crippen molar-refractivity contribution in [3.63, 3.8) is 0 Å². The van der Waals surface area contributed by atoms with Gasteiger partial charge in [-0.25, -0.2) is 0 Å². The SMILES string of the molecule is COc1cccc(CN[C@H](C)c2ccc(Cl)cc2)c1. The van der Waals surface area contributed by atoms with Gasteiger partial charge < -0.3 is 10.1 Å². The van der Waals surface area contributed by atoms with Crippen molar-refractivity contribution in [3.8, 4) is 5.75 Å². The highest BCUT2D eigenvalue weighted by Gasteiger charge is 2.05. The fraction of sp³-hybridized carbons (Fsp3) is 0.250. The Labute approximate surface area is 119 Å². The summed E-state index contributed by atoms with van der Waals surface area (Å²) in [6.45, 7) is 2.95. The second-order valence-corrected chi connectivity index (χ2v) is 4.94. The zero-order valence-corrected chi connectivity index (χ0v) is 11.9. The van der Waals surface area contributed by atoms with Crippen molar-refractivity contribution in [1.29, 1.82) is 0 Å². The summed E-state index contributed by atoms with van der Waals surface area (Å²) >= 11 is 5.89. The third-order valence-corrected chi connectivity index (χ3v) is 3.37. The molecule has 1 atom stereocenters. The maximum absolute atomic E-state index is 5.89. The number of hydrogen-bond donors (Lipinski definition) is 1. The maximum atomic E-state index is 5.89. The van der Waals surface area contributed by atoms with E-state index in [4.69, 9.17) is 16.3 Å². The van der Waals surface area contributed by atoms with E-state index in [1.54, 1.807) is 7.11 Å². The highest BCUT2D eigenvalue weighted by molar-refractivity contribution is 6.30. The number of hydrogen-bond acceptors (Lipinski definition) is 2. The molecule has 0 amide bonds. The molecule has 0 saturated heterocycles. The van der Waals surface area contributed by atoms with Gasteiger partial charge in [-0.3, -0.25) is 0 Å². The molecule has 0 fully saturated rings. The monoisotopic (exact) mass is 275 g/mol. The molecule has 100 valence electrons. The summed E-state index contributed by atoms with van der Waals surface area (Å²) in [5.74, 6) is 0.887. The minimum atomic E-state index is 0.281. The lowest BCUT2D eigenvalue weighted by Gasteiger charge is -2.14. The van der Waals surface area contributed by atoms with Gasteiger partial charge in [-0.15, -0.1) is 0 Å². The average Bonchev–Trinajstić information content (AvgIpc) is 2.46. The third-order valence-electron chi connectivity index (χ3n) is 3.12. The lowest BCUT2D eigenvalue weighted by Crippen LogP contribution is -2.17. The van der Waals surface area contributed by atoms with Crippen LogP contribution in [0, 0.1) is 0 Å². The first-order valence-corrected chi connectivity index (χ1v) is 6.68. The molecule has 0 bridgehead atoms. The number of methoxy groups -OCH3 is 1. The van der Waals surface area contributed by atoms with Gasteiger partial charge in [-0.05, 0) is 42.3 Å². The smallest absolute Gasteiger partial charge is 0.119 e. The molecule has 2 rings (SSSR count). The predicted molar refractivity (Wildman–Crippen MR) is 79.7 cm³/mol. The Bertz CT molecular complexity index is 525. The lowest BCUT2D eigenvalue weighted by molar-refractivity contribution is 0.414. The van der Waals surface area contributed by atoms with E-state index in [-0.39, 0.29) is 6.04 Å². The number of halogens is 1. The third kappa shape index (κ3) is 3.98. The molecule has 0 radical (unpaired) electrons. The Kier molecular flexibility index (Phi) is 4.83. The van der Waals surface area contributed by atoms with Gasteiger partial charge in [0.05, 0.1) is 7.11 Å². The van der Waals surface area contributed by atoms with Gasteiger partial charge in [0.1, 0.15) is 5.75 Å². The minimum absolute atomic E-state index is 0.281. The zero-order valence-electron chi connectivity index (χ0n) is 11.2. The molecule has 19 heavy (non-hydrogen) atoms. The summed E-state index contributed by atoms with van der Waals surface area (Å²) in [6.07, 6.45) is 0. The molecule has 1 N–H and O–H groups in total. The fourth-order valence-electron chi connectivity index (χ4n) is 1.92. The van der Waals surface area contributed by atoms with Crippen molar-refractivity contribution in [2.24, 2.45) is 0 Å². The van der Waals surface area contributed by atoms with Crippen molar-refractivity contribution in [2.45, 2.75) is 19.5 Å². The highest BCUT2D eigenvalue weighted by atomic mass is 35.5. The number of benzene rings is 2. The number of nitrogens with one attached hydrogen (secondary N) is 1. The van der Waals surface area contributed by atoms with Gasteiger partial charge >= 0.3 is 0 Å². The van der Waals surface area contributed by atoms with Crippen molar-refractivity contribution < 1.29 is 4.74 Å². The summed E-state index contributed by atoms with van der Waals surface area (Å²) in [5, 5.41) is 4.25. The lowest BCUT2D eigenvalue weighted by atomic mass is 10.1. The van der Waals surface area contributed by atoms with Crippen molar-refractivity contribution in [1.82, 2.24) is 5.32 Å². The van der Waals surface area contributed by atoms with E-state index < -0.39 is 0 Å². The van der Waals surface area contributed by atoms with Crippen LogP contribution in [-0.2, 0) is 6.54 Å². The van der Waals surface area contributed by atoms with E-state index in [0.717, 1.165) is 17.3 Å². The van der Waals surface area contributed by atoms with Gasteiger partial charge in [0, 0.05) is 17.6 Å². The Balaban J connectivity index is 1.96. The fourth-order valence-corrected chi connectivity index (χ4v) is 2.05. The molecule has 0 unspecified atom stereocenters. The first kappa shape index (κ1) is 13.9. The Morgan fingerprint density at radius 3 is 2.58 bits per heavy atom. The van der Waals surface area contributed by atoms with E-state index in [9.17, 15) is 0 Å². The molecule has 2 nitrogen and oxygen atoms in total. The molecular weight excluding hydrogens is 258 g/mol. The Morgan fingerprint density at radius 1 is 1.16 bits per heavy atom. The highest BCUT2D eigenvalue weighted by Crippen LogP contribution is 2.17. The standard InChI is InChI=1S/C16H18ClNO/c1-12(14-6-8-15(17)9-7-14)18-11-13-4-3-5-16(10-13)19-2/h3-10,12,18H,11H2,1-2H3/t12-/m1/s1. The summed E-state index contributed by atoms with van der Waals surface area (Å²) in [6, 6.07) is 16.3. The molecule has 0 spiro atoms. The molecule has 0 aliphatic carbocycles. The van der Waals surface area contributed by atoms with Crippen molar-refractivity contribution >= 4 is 11.6 Å². The van der Waals surface area contributed by atoms with Gasteiger partial charge in [0.2, 0.25) is 0 Å². The topological polar surface area (TPSA) is 21.3 Å². The quantitative estimate of drug-likeness (QED) is 0.883. The normalized spacial score (nSPS) is 12.2. The summed E-state index contributed by atoms with van der Waals surface area (Å²) in [5.41, 5.74) is 2.44. The second-order valence-electron chi connectivity index (χ2n) is 4.51. The summed E-state index contributed by atoms with van der Waals surface area (Å²) < 4.78 is 5.22. The van der Waals surface area contributed by atoms with Crippen LogP contribution in [-0.4, -0.2) is 7.11 Å². The van der Waals surface area contributed by atoms with Crippen LogP contribution in [0.2, 0.25) is 5.02 Å². The van der Waals surface area contributed by atoms with Crippen LogP contribution in [0.4, 0.5) is 0 Å². The van der Waals surface area contributed by atoms with Crippen LogP contribution in [0.25, 0.3) is 0 Å². The van der Waals surface area contributed by atoms with Crippen LogP contribution in [0.15, 0.2) is 48.5 Å². The summed E-state index contributed by atoms with van der Waals surface area (Å²) in [7, 11) is 1.68. The van der Waals surface area contributed by atoms with Crippen molar-refractivity contribution in [2.75, 3.05) is 7.11 Å². The van der Waals surface area contributed by atoms with Gasteiger partial charge in [-0.1, -0.05) is 35.9 Å². The van der Waals surface area contributed by atoms with Gasteiger partial charge in [0.25, 0.3) is 0 Å². The minimum Gasteiger partial charge on any atom is -0.497 e. The molecule has 0 aliphatic heterocycles. The first-order valence-electron chi connectivity index (χ1n) is 6.31. The number of ether oxygens (including phenoxy) is 1. The molecule has 2 aromatic rings. The molecule has 0 aliphatic rings. The zero-order chi connectivity index (χ0) is 13.7.